The van der Waals surface area contributed by atoms with Gasteiger partial charge in [0.25, 0.3) is 0 Å². The number of aliphatic hydroxyl groups is 3. The normalized spacial score (nSPS) is 36.2. The Morgan fingerprint density at radius 2 is 1.75 bits per heavy atom. The van der Waals surface area contributed by atoms with Gasteiger partial charge in [-0.05, 0) is 19.9 Å². The van der Waals surface area contributed by atoms with Gasteiger partial charge < -0.3 is 20.2 Å². The molecule has 3 atom stereocenters. The predicted molar refractivity (Wildman–Crippen MR) is 44.8 cm³/mol. The fourth-order valence-corrected chi connectivity index (χ4v) is 1.67. The van der Waals surface area contributed by atoms with Gasteiger partial charge in [-0.25, -0.2) is 0 Å². The Hall–Kier alpha value is -0.160. The second-order valence-corrected chi connectivity index (χ2v) is 3.46. The molecule has 72 valence electrons. The summed E-state index contributed by atoms with van der Waals surface area (Å²) in [6.07, 6.45) is 0.0438. The van der Waals surface area contributed by atoms with E-state index < -0.39 is 12.2 Å². The molecule has 1 fully saturated rings. The molecule has 1 unspecified atom stereocenters. The average molecular weight is 175 g/mol. The molecule has 12 heavy (non-hydrogen) atoms. The third-order valence-electron chi connectivity index (χ3n) is 2.55. The van der Waals surface area contributed by atoms with Crippen LogP contribution in [-0.4, -0.2) is 58.7 Å². The molecule has 1 rings (SSSR count). The molecule has 0 heterocycles. The van der Waals surface area contributed by atoms with E-state index in [0.29, 0.717) is 19.4 Å². The van der Waals surface area contributed by atoms with Crippen molar-refractivity contribution >= 4 is 0 Å². The van der Waals surface area contributed by atoms with E-state index >= 15 is 0 Å². The van der Waals surface area contributed by atoms with E-state index in [1.54, 1.807) is 0 Å². The number of likely N-dealkylation sites (N-methyl/N-ethyl adjacent to an activating group) is 1. The summed E-state index contributed by atoms with van der Waals surface area (Å²) >= 11 is 0. The van der Waals surface area contributed by atoms with Crippen molar-refractivity contribution in [3.8, 4) is 0 Å². The molecule has 0 aliphatic heterocycles. The number of aliphatic hydroxyl groups excluding tert-OH is 3. The van der Waals surface area contributed by atoms with Crippen molar-refractivity contribution < 1.29 is 15.3 Å². The zero-order valence-corrected chi connectivity index (χ0v) is 7.35. The summed E-state index contributed by atoms with van der Waals surface area (Å²) in [5.74, 6) is 0. The molecule has 0 aromatic rings. The van der Waals surface area contributed by atoms with Gasteiger partial charge >= 0.3 is 0 Å². The average Bonchev–Trinajstić information content (AvgIpc) is 2.33. The summed E-state index contributed by atoms with van der Waals surface area (Å²) in [5, 5.41) is 27.2. The quantitative estimate of drug-likeness (QED) is 0.504. The van der Waals surface area contributed by atoms with Gasteiger partial charge in [-0.3, -0.25) is 0 Å². The van der Waals surface area contributed by atoms with E-state index in [2.05, 4.69) is 0 Å². The van der Waals surface area contributed by atoms with Crippen LogP contribution in [0.2, 0.25) is 0 Å². The standard InChI is InChI=1S/C8H17NO3/c1-9(2-3-10)6-4-7(11)8(12)5-6/h6-8,10-12H,2-5H2,1H3/t6?,7-,8+. The summed E-state index contributed by atoms with van der Waals surface area (Å²) in [5.41, 5.74) is 0. The molecule has 4 heteroatoms. The highest BCUT2D eigenvalue weighted by molar-refractivity contribution is 4.87. The lowest BCUT2D eigenvalue weighted by Crippen LogP contribution is -2.32. The third kappa shape index (κ3) is 2.17. The van der Waals surface area contributed by atoms with Crippen molar-refractivity contribution in [2.75, 3.05) is 20.2 Å². The molecule has 0 aromatic carbocycles. The molecule has 1 aliphatic carbocycles. The van der Waals surface area contributed by atoms with E-state index in [-0.39, 0.29) is 12.6 Å². The Morgan fingerprint density at radius 3 is 2.17 bits per heavy atom. The maximum Gasteiger partial charge on any atom is 0.0814 e. The van der Waals surface area contributed by atoms with Crippen molar-refractivity contribution in [3.63, 3.8) is 0 Å². The fourth-order valence-electron chi connectivity index (χ4n) is 1.67. The maximum atomic E-state index is 9.25. The van der Waals surface area contributed by atoms with Gasteiger partial charge in [0.15, 0.2) is 0 Å². The Balaban J connectivity index is 2.35. The molecule has 0 aromatic heterocycles. The topological polar surface area (TPSA) is 63.9 Å². The minimum atomic E-state index is -0.587. The fraction of sp³-hybridized carbons (Fsp3) is 1.00. The minimum absolute atomic E-state index is 0.124. The highest BCUT2D eigenvalue weighted by atomic mass is 16.3. The smallest absolute Gasteiger partial charge is 0.0814 e. The van der Waals surface area contributed by atoms with Gasteiger partial charge in [0.2, 0.25) is 0 Å². The Labute approximate surface area is 72.4 Å². The number of rotatable bonds is 3. The Morgan fingerprint density at radius 1 is 1.25 bits per heavy atom. The van der Waals surface area contributed by atoms with Crippen LogP contribution >= 0.6 is 0 Å². The summed E-state index contributed by atoms with van der Waals surface area (Å²) in [6.45, 7) is 0.725. The van der Waals surface area contributed by atoms with E-state index in [9.17, 15) is 10.2 Å². The summed E-state index contributed by atoms with van der Waals surface area (Å²) in [4.78, 5) is 1.97. The molecule has 0 spiro atoms. The molecular formula is C8H17NO3. The zero-order chi connectivity index (χ0) is 9.14. The largest absolute Gasteiger partial charge is 0.395 e. The molecule has 4 nitrogen and oxygen atoms in total. The van der Waals surface area contributed by atoms with E-state index in [4.69, 9.17) is 5.11 Å². The Kier molecular flexibility index (Phi) is 3.46. The molecule has 1 saturated carbocycles. The van der Waals surface area contributed by atoms with Crippen LogP contribution in [0.1, 0.15) is 12.8 Å². The van der Waals surface area contributed by atoms with Crippen LogP contribution in [0.25, 0.3) is 0 Å². The maximum absolute atomic E-state index is 9.25. The van der Waals surface area contributed by atoms with E-state index in [1.807, 2.05) is 11.9 Å². The SMILES string of the molecule is CN(CCO)C1C[C@@H](O)[C@@H](O)C1. The molecule has 3 N–H and O–H groups in total. The van der Waals surface area contributed by atoms with Crippen LogP contribution in [0.3, 0.4) is 0 Å². The third-order valence-corrected chi connectivity index (χ3v) is 2.55. The minimum Gasteiger partial charge on any atom is -0.395 e. The van der Waals surface area contributed by atoms with Crippen LogP contribution in [0, 0.1) is 0 Å². The highest BCUT2D eigenvalue weighted by Gasteiger charge is 2.33. The van der Waals surface area contributed by atoms with Crippen LogP contribution in [0.4, 0.5) is 0 Å². The molecule has 0 radical (unpaired) electrons. The first-order valence-corrected chi connectivity index (χ1v) is 4.32. The molecule has 0 bridgehead atoms. The monoisotopic (exact) mass is 175 g/mol. The summed E-state index contributed by atoms with van der Waals surface area (Å²) in [7, 11) is 1.89. The molecule has 0 saturated heterocycles. The Bertz CT molecular complexity index is 132. The van der Waals surface area contributed by atoms with Crippen molar-refractivity contribution in [1.29, 1.82) is 0 Å². The van der Waals surface area contributed by atoms with Crippen LogP contribution < -0.4 is 0 Å². The molecular weight excluding hydrogens is 158 g/mol. The van der Waals surface area contributed by atoms with Crippen molar-refractivity contribution in [2.45, 2.75) is 31.1 Å². The van der Waals surface area contributed by atoms with Crippen LogP contribution in [0.5, 0.6) is 0 Å². The van der Waals surface area contributed by atoms with Gasteiger partial charge in [0.05, 0.1) is 18.8 Å². The predicted octanol–water partition coefficient (Wildman–Crippen LogP) is -1.21. The van der Waals surface area contributed by atoms with Crippen molar-refractivity contribution in [1.82, 2.24) is 4.90 Å². The van der Waals surface area contributed by atoms with E-state index in [0.717, 1.165) is 0 Å². The highest BCUT2D eigenvalue weighted by Crippen LogP contribution is 2.23. The van der Waals surface area contributed by atoms with E-state index in [1.165, 1.54) is 0 Å². The van der Waals surface area contributed by atoms with Crippen molar-refractivity contribution in [2.24, 2.45) is 0 Å². The second-order valence-electron chi connectivity index (χ2n) is 3.46. The first kappa shape index (κ1) is 9.92. The lowest BCUT2D eigenvalue weighted by molar-refractivity contribution is 0.0438. The molecule has 0 amide bonds. The van der Waals surface area contributed by atoms with Gasteiger partial charge in [-0.1, -0.05) is 0 Å². The van der Waals surface area contributed by atoms with Crippen molar-refractivity contribution in [3.05, 3.63) is 0 Å². The lowest BCUT2D eigenvalue weighted by Gasteiger charge is -2.22. The van der Waals surface area contributed by atoms with Gasteiger partial charge in [-0.2, -0.15) is 0 Å². The first-order valence-electron chi connectivity index (χ1n) is 4.32. The summed E-state index contributed by atoms with van der Waals surface area (Å²) in [6, 6.07) is 0.210. The first-order chi connectivity index (χ1) is 5.65. The second kappa shape index (κ2) is 4.18. The summed E-state index contributed by atoms with van der Waals surface area (Å²) < 4.78 is 0. The van der Waals surface area contributed by atoms with Gasteiger partial charge in [0, 0.05) is 12.6 Å². The van der Waals surface area contributed by atoms with Crippen LogP contribution in [0.15, 0.2) is 0 Å². The molecule has 1 aliphatic rings. The number of hydrogen-bond donors (Lipinski definition) is 3. The number of hydrogen-bond acceptors (Lipinski definition) is 4. The zero-order valence-electron chi connectivity index (χ0n) is 7.35. The lowest BCUT2D eigenvalue weighted by atomic mass is 10.2. The van der Waals surface area contributed by atoms with Crippen LogP contribution in [-0.2, 0) is 0 Å². The van der Waals surface area contributed by atoms with Gasteiger partial charge in [-0.15, -0.1) is 0 Å². The number of nitrogens with zero attached hydrogens (tertiary/aromatic N) is 1. The van der Waals surface area contributed by atoms with Gasteiger partial charge in [0.1, 0.15) is 0 Å².